The van der Waals surface area contributed by atoms with Gasteiger partial charge >= 0.3 is 5.97 Å². The number of carbonyl (C=O) groups is 1. The largest absolute Gasteiger partial charge is 0.496 e. The molecule has 0 fully saturated rings. The predicted molar refractivity (Wildman–Crippen MR) is 166 cm³/mol. The van der Waals surface area contributed by atoms with Crippen LogP contribution in [0.2, 0.25) is 0 Å². The smallest absolute Gasteiger partial charge is 0.346 e. The van der Waals surface area contributed by atoms with E-state index in [1.54, 1.807) is 38.4 Å². The zero-order chi connectivity index (χ0) is 30.0. The predicted octanol–water partition coefficient (Wildman–Crippen LogP) is 6.48. The first-order valence-corrected chi connectivity index (χ1v) is 13.7. The lowest BCUT2D eigenvalue weighted by Crippen LogP contribution is -2.25. The Bertz CT molecular complexity index is 1890. The minimum Gasteiger partial charge on any atom is -0.496 e. The average molecular weight is 564 g/mol. The van der Waals surface area contributed by atoms with Gasteiger partial charge in [-0.15, -0.1) is 0 Å². The fourth-order valence-electron chi connectivity index (χ4n) is 5.00. The summed E-state index contributed by atoms with van der Waals surface area (Å²) in [6, 6.07) is 22.7. The van der Waals surface area contributed by atoms with Crippen LogP contribution in [0, 0.1) is 6.92 Å². The van der Waals surface area contributed by atoms with Crippen LogP contribution in [-0.2, 0) is 9.53 Å². The van der Waals surface area contributed by atoms with E-state index >= 15 is 0 Å². The summed E-state index contributed by atoms with van der Waals surface area (Å²) in [5, 5.41) is 6.98. The zero-order valence-corrected chi connectivity index (χ0v) is 24.5. The fourth-order valence-corrected chi connectivity index (χ4v) is 5.00. The van der Waals surface area contributed by atoms with Gasteiger partial charge in [0.05, 0.1) is 31.3 Å². The lowest BCUT2D eigenvalue weighted by atomic mass is 9.96. The molecule has 0 N–H and O–H groups in total. The van der Waals surface area contributed by atoms with Gasteiger partial charge in [-0.3, -0.25) is 4.79 Å². The second-order valence-electron chi connectivity index (χ2n) is 10.4. The number of carbonyl (C=O) groups excluding carboxylic acids is 1. The zero-order valence-electron chi connectivity index (χ0n) is 24.5. The molecular weight excluding hydrogens is 530 g/mol. The lowest BCUT2D eigenvalue weighted by molar-refractivity contribution is -0.147. The number of aromatic nitrogens is 2. The Morgan fingerprint density at radius 2 is 1.64 bits per heavy atom. The first-order chi connectivity index (χ1) is 20.2. The molecule has 0 aliphatic rings. The van der Waals surface area contributed by atoms with Crippen LogP contribution in [-0.4, -0.2) is 42.2 Å². The number of ether oxygens (including phenoxy) is 3. The van der Waals surface area contributed by atoms with Crippen molar-refractivity contribution in [1.29, 1.82) is 0 Å². The van der Waals surface area contributed by atoms with Crippen LogP contribution in [0.5, 0.6) is 11.5 Å². The summed E-state index contributed by atoms with van der Waals surface area (Å²) in [6.45, 7) is 7.76. The van der Waals surface area contributed by atoms with Gasteiger partial charge in [-0.2, -0.15) is 9.78 Å². The topological polar surface area (TPSA) is 92.0 Å². The van der Waals surface area contributed by atoms with Crippen molar-refractivity contribution >= 4 is 33.9 Å². The number of hydrogen-bond acceptors (Lipinski definition) is 7. The maximum Gasteiger partial charge on any atom is 0.346 e. The summed E-state index contributed by atoms with van der Waals surface area (Å²) in [7, 11) is 2.97. The third-order valence-electron chi connectivity index (χ3n) is 7.26. The van der Waals surface area contributed by atoms with Crippen molar-refractivity contribution in [3.63, 3.8) is 0 Å². The van der Waals surface area contributed by atoms with E-state index in [0.29, 0.717) is 28.0 Å². The molecule has 4 aromatic carbocycles. The van der Waals surface area contributed by atoms with Crippen LogP contribution in [0.4, 0.5) is 0 Å². The van der Waals surface area contributed by atoms with Crippen molar-refractivity contribution in [2.75, 3.05) is 14.2 Å². The molecule has 5 aromatic rings. The summed E-state index contributed by atoms with van der Waals surface area (Å²) in [6.07, 6.45) is 0.742. The van der Waals surface area contributed by atoms with E-state index in [-0.39, 0.29) is 11.5 Å². The standard InChI is InChI=1S/C34H33N3O5/c1-20(2)26-18-27(21(3)17-31(26)40-5)32-36-29-14-10-9-13-25(29)33(38)37(32)35-19-28-24-12-8-7-11-23(24)15-16-30(28)42-22(4)34(39)41-6/h7-20,22H,1-6H3/t22-/m0/s1. The first-order valence-electron chi connectivity index (χ1n) is 13.7. The number of nitrogens with zero attached hydrogens (tertiary/aromatic N) is 3. The van der Waals surface area contributed by atoms with Crippen molar-refractivity contribution in [1.82, 2.24) is 9.66 Å². The Kier molecular flexibility index (Phi) is 8.06. The molecule has 0 aliphatic carbocycles. The highest BCUT2D eigenvalue weighted by molar-refractivity contribution is 6.02. The Balaban J connectivity index is 1.76. The van der Waals surface area contributed by atoms with E-state index in [2.05, 4.69) is 13.8 Å². The van der Waals surface area contributed by atoms with E-state index in [1.807, 2.05) is 61.5 Å². The van der Waals surface area contributed by atoms with Crippen LogP contribution < -0.4 is 15.0 Å². The molecule has 214 valence electrons. The van der Waals surface area contributed by atoms with Crippen LogP contribution in [0.3, 0.4) is 0 Å². The molecule has 0 bridgehead atoms. The van der Waals surface area contributed by atoms with E-state index in [4.69, 9.17) is 24.3 Å². The maximum absolute atomic E-state index is 13.9. The van der Waals surface area contributed by atoms with Crippen molar-refractivity contribution in [2.45, 2.75) is 39.7 Å². The molecular formula is C34H33N3O5. The van der Waals surface area contributed by atoms with E-state index in [1.165, 1.54) is 11.8 Å². The second kappa shape index (κ2) is 11.9. The van der Waals surface area contributed by atoms with E-state index < -0.39 is 12.1 Å². The Labute approximate surface area is 244 Å². The van der Waals surface area contributed by atoms with Crippen LogP contribution >= 0.6 is 0 Å². The number of fused-ring (bicyclic) bond motifs is 2. The Morgan fingerprint density at radius 1 is 0.929 bits per heavy atom. The highest BCUT2D eigenvalue weighted by atomic mass is 16.6. The summed E-state index contributed by atoms with van der Waals surface area (Å²) >= 11 is 0. The van der Waals surface area contributed by atoms with Gasteiger partial charge < -0.3 is 14.2 Å². The Morgan fingerprint density at radius 3 is 2.36 bits per heavy atom. The normalized spacial score (nSPS) is 12.3. The number of methoxy groups -OCH3 is 2. The van der Waals surface area contributed by atoms with Crippen LogP contribution in [0.1, 0.15) is 43.4 Å². The van der Waals surface area contributed by atoms with E-state index in [0.717, 1.165) is 33.2 Å². The summed E-state index contributed by atoms with van der Waals surface area (Å²) in [4.78, 5) is 31.0. The highest BCUT2D eigenvalue weighted by Crippen LogP contribution is 2.34. The summed E-state index contributed by atoms with van der Waals surface area (Å²) < 4.78 is 17.9. The molecule has 0 saturated carbocycles. The van der Waals surface area contributed by atoms with Gasteiger partial charge in [-0.05, 0) is 72.0 Å². The molecule has 0 aliphatic heterocycles. The van der Waals surface area contributed by atoms with E-state index in [9.17, 15) is 9.59 Å². The minimum atomic E-state index is -0.847. The number of benzene rings is 4. The summed E-state index contributed by atoms with van der Waals surface area (Å²) in [5.74, 6) is 1.29. The third kappa shape index (κ3) is 5.35. The molecule has 0 unspecified atom stereocenters. The van der Waals surface area contributed by atoms with Gasteiger partial charge in [0.2, 0.25) is 0 Å². The lowest BCUT2D eigenvalue weighted by Gasteiger charge is -2.18. The quantitative estimate of drug-likeness (QED) is 0.159. The first kappa shape index (κ1) is 28.5. The van der Waals surface area contributed by atoms with Gasteiger partial charge in [0, 0.05) is 11.1 Å². The molecule has 1 heterocycles. The summed E-state index contributed by atoms with van der Waals surface area (Å²) in [5.41, 5.74) is 3.54. The van der Waals surface area contributed by atoms with Gasteiger partial charge in [-0.25, -0.2) is 9.78 Å². The van der Waals surface area contributed by atoms with Crippen molar-refractivity contribution in [3.8, 4) is 22.9 Å². The van der Waals surface area contributed by atoms with Gasteiger partial charge in [0.1, 0.15) is 11.5 Å². The monoisotopic (exact) mass is 563 g/mol. The molecule has 8 nitrogen and oxygen atoms in total. The SMILES string of the molecule is COC(=O)[C@H](C)Oc1ccc2ccccc2c1C=Nn1c(-c2cc(C(C)C)c(OC)cc2C)nc2ccccc2c1=O. The number of hydrogen-bond donors (Lipinski definition) is 0. The van der Waals surface area contributed by atoms with Gasteiger partial charge in [0.15, 0.2) is 11.9 Å². The third-order valence-corrected chi connectivity index (χ3v) is 7.26. The molecule has 42 heavy (non-hydrogen) atoms. The van der Waals surface area contributed by atoms with Gasteiger partial charge in [0.25, 0.3) is 5.56 Å². The molecule has 1 aromatic heterocycles. The number of esters is 1. The van der Waals surface area contributed by atoms with Gasteiger partial charge in [-0.1, -0.05) is 56.3 Å². The Hall–Kier alpha value is -4.98. The van der Waals surface area contributed by atoms with Crippen LogP contribution in [0.25, 0.3) is 33.1 Å². The second-order valence-corrected chi connectivity index (χ2v) is 10.4. The molecule has 0 radical (unpaired) electrons. The fraction of sp³-hybridized carbons (Fsp3) is 0.235. The van der Waals surface area contributed by atoms with Crippen molar-refractivity contribution in [3.05, 3.63) is 99.8 Å². The number of para-hydroxylation sites is 1. The molecule has 0 spiro atoms. The minimum absolute atomic E-state index is 0.177. The van der Waals surface area contributed by atoms with Crippen molar-refractivity contribution in [2.24, 2.45) is 5.10 Å². The average Bonchev–Trinajstić information content (AvgIpc) is 3.00. The highest BCUT2D eigenvalue weighted by Gasteiger charge is 2.20. The number of aryl methyl sites for hydroxylation is 1. The number of rotatable bonds is 8. The van der Waals surface area contributed by atoms with Crippen LogP contribution in [0.15, 0.2) is 82.7 Å². The molecule has 8 heteroatoms. The molecule has 5 rings (SSSR count). The molecule has 0 saturated heterocycles. The van der Waals surface area contributed by atoms with Crippen molar-refractivity contribution < 1.29 is 19.0 Å². The molecule has 0 amide bonds. The maximum atomic E-state index is 13.9. The molecule has 1 atom stereocenters.